The highest BCUT2D eigenvalue weighted by molar-refractivity contribution is 5.82. The molecule has 0 saturated heterocycles. The summed E-state index contributed by atoms with van der Waals surface area (Å²) in [6.07, 6.45) is 0. The van der Waals surface area contributed by atoms with Crippen LogP contribution in [0.1, 0.15) is 22.9 Å². The number of halogens is 3. The third-order valence-electron chi connectivity index (χ3n) is 3.51. The average molecular weight is 291 g/mol. The van der Waals surface area contributed by atoms with Crippen molar-refractivity contribution in [3.63, 3.8) is 0 Å². The van der Waals surface area contributed by atoms with Crippen LogP contribution in [0, 0.1) is 24.4 Å². The van der Waals surface area contributed by atoms with Crippen molar-refractivity contribution < 1.29 is 17.6 Å². The van der Waals surface area contributed by atoms with Crippen LogP contribution in [-0.4, -0.2) is 0 Å². The topological polar surface area (TPSA) is 39.2 Å². The Morgan fingerprint density at radius 2 is 1.67 bits per heavy atom. The minimum absolute atomic E-state index is 0.00220. The number of aryl methyl sites for hydroxylation is 1. The van der Waals surface area contributed by atoms with Gasteiger partial charge in [0.15, 0.2) is 0 Å². The zero-order chi connectivity index (χ0) is 15.1. The van der Waals surface area contributed by atoms with Crippen LogP contribution in [0.4, 0.5) is 13.2 Å². The molecule has 5 heteroatoms. The van der Waals surface area contributed by atoms with Crippen molar-refractivity contribution >= 4 is 11.0 Å². The molecule has 2 N–H and O–H groups in total. The Kier molecular flexibility index (Phi) is 3.22. The first-order valence-corrected chi connectivity index (χ1v) is 6.36. The van der Waals surface area contributed by atoms with Gasteiger partial charge >= 0.3 is 0 Å². The van der Waals surface area contributed by atoms with Crippen LogP contribution in [0.5, 0.6) is 0 Å². The minimum atomic E-state index is -0.962. The standard InChI is InChI=1S/C16H12F3NO/c1-8-11-6-10(18)3-5-14(11)21-16(8)15(20)12-7-9(17)2-4-13(12)19/h2-7,15H,20H2,1H3. The Morgan fingerprint density at radius 1 is 1.00 bits per heavy atom. The van der Waals surface area contributed by atoms with Crippen LogP contribution in [0.3, 0.4) is 0 Å². The van der Waals surface area contributed by atoms with Gasteiger partial charge in [0.1, 0.15) is 28.8 Å². The Balaban J connectivity index is 2.15. The molecule has 3 aromatic rings. The third-order valence-corrected chi connectivity index (χ3v) is 3.51. The maximum Gasteiger partial charge on any atom is 0.134 e. The summed E-state index contributed by atoms with van der Waals surface area (Å²) in [4.78, 5) is 0. The van der Waals surface area contributed by atoms with Gasteiger partial charge in [-0.3, -0.25) is 0 Å². The van der Waals surface area contributed by atoms with Crippen molar-refractivity contribution in [2.45, 2.75) is 13.0 Å². The van der Waals surface area contributed by atoms with Gasteiger partial charge < -0.3 is 10.2 Å². The van der Waals surface area contributed by atoms with E-state index >= 15 is 0 Å². The van der Waals surface area contributed by atoms with E-state index in [0.29, 0.717) is 22.3 Å². The van der Waals surface area contributed by atoms with Crippen LogP contribution in [0.15, 0.2) is 40.8 Å². The van der Waals surface area contributed by atoms with Crippen molar-refractivity contribution in [1.29, 1.82) is 0 Å². The van der Waals surface area contributed by atoms with Gasteiger partial charge in [0.25, 0.3) is 0 Å². The second kappa shape index (κ2) is 4.93. The predicted octanol–water partition coefficient (Wildman–Crippen LogP) is 4.21. The predicted molar refractivity (Wildman–Crippen MR) is 73.3 cm³/mol. The minimum Gasteiger partial charge on any atom is -0.459 e. The average Bonchev–Trinajstić information content (AvgIpc) is 2.78. The number of rotatable bonds is 2. The molecule has 1 aromatic heterocycles. The molecule has 0 aliphatic rings. The van der Waals surface area contributed by atoms with Crippen LogP contribution in [-0.2, 0) is 0 Å². The molecule has 2 aromatic carbocycles. The van der Waals surface area contributed by atoms with Crippen LogP contribution >= 0.6 is 0 Å². The molecule has 0 saturated carbocycles. The molecule has 108 valence electrons. The molecule has 3 rings (SSSR count). The van der Waals surface area contributed by atoms with Gasteiger partial charge in [0, 0.05) is 16.5 Å². The number of fused-ring (bicyclic) bond motifs is 1. The third kappa shape index (κ3) is 2.29. The lowest BCUT2D eigenvalue weighted by molar-refractivity contribution is 0.502. The van der Waals surface area contributed by atoms with Crippen LogP contribution < -0.4 is 5.73 Å². The number of furan rings is 1. The molecule has 0 spiro atoms. The summed E-state index contributed by atoms with van der Waals surface area (Å²) in [5.74, 6) is -1.31. The first kappa shape index (κ1) is 13.7. The lowest BCUT2D eigenvalue weighted by Gasteiger charge is -2.11. The summed E-state index contributed by atoms with van der Waals surface area (Å²) >= 11 is 0. The van der Waals surface area contributed by atoms with Gasteiger partial charge in [-0.05, 0) is 43.3 Å². The molecule has 21 heavy (non-hydrogen) atoms. The molecule has 0 aliphatic carbocycles. The van der Waals surface area contributed by atoms with E-state index < -0.39 is 23.5 Å². The fourth-order valence-electron chi connectivity index (χ4n) is 2.40. The molecule has 0 fully saturated rings. The molecule has 1 unspecified atom stereocenters. The zero-order valence-electron chi connectivity index (χ0n) is 11.2. The Morgan fingerprint density at radius 3 is 2.43 bits per heavy atom. The summed E-state index contributed by atoms with van der Waals surface area (Å²) in [6, 6.07) is 6.18. The summed E-state index contributed by atoms with van der Waals surface area (Å²) in [5, 5.41) is 0.567. The maximum atomic E-state index is 13.8. The molecule has 0 radical (unpaired) electrons. The summed E-state index contributed by atoms with van der Waals surface area (Å²) in [6.45, 7) is 1.71. The Hall–Kier alpha value is -2.27. The molecule has 0 bridgehead atoms. The monoisotopic (exact) mass is 291 g/mol. The molecule has 0 amide bonds. The quantitative estimate of drug-likeness (QED) is 0.768. The smallest absolute Gasteiger partial charge is 0.134 e. The number of hydrogen-bond acceptors (Lipinski definition) is 2. The van der Waals surface area contributed by atoms with Crippen molar-refractivity contribution in [3.05, 3.63) is 70.7 Å². The van der Waals surface area contributed by atoms with E-state index in [4.69, 9.17) is 10.2 Å². The van der Waals surface area contributed by atoms with E-state index in [2.05, 4.69) is 0 Å². The number of benzene rings is 2. The fraction of sp³-hybridized carbons (Fsp3) is 0.125. The summed E-state index contributed by atoms with van der Waals surface area (Å²) < 4.78 is 46.0. The second-order valence-corrected chi connectivity index (χ2v) is 4.88. The van der Waals surface area contributed by atoms with E-state index in [1.807, 2.05) is 0 Å². The zero-order valence-corrected chi connectivity index (χ0v) is 11.2. The largest absolute Gasteiger partial charge is 0.459 e. The highest BCUT2D eigenvalue weighted by Gasteiger charge is 2.22. The maximum absolute atomic E-state index is 13.8. The molecule has 1 atom stereocenters. The lowest BCUT2D eigenvalue weighted by atomic mass is 10.0. The Bertz CT molecular complexity index is 826. The van der Waals surface area contributed by atoms with E-state index in [9.17, 15) is 13.2 Å². The van der Waals surface area contributed by atoms with Crippen LogP contribution in [0.25, 0.3) is 11.0 Å². The molecule has 1 heterocycles. The molecular weight excluding hydrogens is 279 g/mol. The lowest BCUT2D eigenvalue weighted by Crippen LogP contribution is -2.14. The van der Waals surface area contributed by atoms with Crippen molar-refractivity contribution in [2.75, 3.05) is 0 Å². The van der Waals surface area contributed by atoms with Crippen molar-refractivity contribution in [2.24, 2.45) is 5.73 Å². The SMILES string of the molecule is Cc1c(C(N)c2cc(F)ccc2F)oc2ccc(F)cc12. The van der Waals surface area contributed by atoms with Gasteiger partial charge in [-0.25, -0.2) is 13.2 Å². The normalized spacial score (nSPS) is 12.8. The van der Waals surface area contributed by atoms with Crippen molar-refractivity contribution in [3.8, 4) is 0 Å². The van der Waals surface area contributed by atoms with Gasteiger partial charge in [-0.1, -0.05) is 0 Å². The second-order valence-electron chi connectivity index (χ2n) is 4.88. The van der Waals surface area contributed by atoms with E-state index in [0.717, 1.165) is 18.2 Å². The first-order chi connectivity index (χ1) is 9.97. The van der Waals surface area contributed by atoms with Gasteiger partial charge in [-0.2, -0.15) is 0 Å². The van der Waals surface area contributed by atoms with E-state index in [1.54, 1.807) is 6.92 Å². The highest BCUT2D eigenvalue weighted by atomic mass is 19.1. The summed E-state index contributed by atoms with van der Waals surface area (Å²) in [7, 11) is 0. The highest BCUT2D eigenvalue weighted by Crippen LogP contribution is 2.32. The Labute approximate surface area is 119 Å². The van der Waals surface area contributed by atoms with Crippen LogP contribution in [0.2, 0.25) is 0 Å². The van der Waals surface area contributed by atoms with E-state index in [1.165, 1.54) is 18.2 Å². The van der Waals surface area contributed by atoms with Gasteiger partial charge in [0.05, 0.1) is 6.04 Å². The summed E-state index contributed by atoms with van der Waals surface area (Å²) in [5.41, 5.74) is 7.06. The fourth-order valence-corrected chi connectivity index (χ4v) is 2.40. The first-order valence-electron chi connectivity index (χ1n) is 6.36. The molecular formula is C16H12F3NO. The number of nitrogens with two attached hydrogens (primary N) is 1. The number of hydrogen-bond donors (Lipinski definition) is 1. The van der Waals surface area contributed by atoms with Gasteiger partial charge in [-0.15, -0.1) is 0 Å². The van der Waals surface area contributed by atoms with E-state index in [-0.39, 0.29) is 5.56 Å². The molecule has 0 aliphatic heterocycles. The van der Waals surface area contributed by atoms with Gasteiger partial charge in [0.2, 0.25) is 0 Å². The molecule has 2 nitrogen and oxygen atoms in total. The van der Waals surface area contributed by atoms with Crippen molar-refractivity contribution in [1.82, 2.24) is 0 Å².